The van der Waals surface area contributed by atoms with Crippen molar-refractivity contribution in [2.75, 3.05) is 23.3 Å². The molecule has 3 atom stereocenters. The minimum absolute atomic E-state index is 0.216. The molecule has 3 N–H and O–H groups in total. The molecule has 0 spiro atoms. The first-order chi connectivity index (χ1) is 20.9. The van der Waals surface area contributed by atoms with Gasteiger partial charge in [-0.3, -0.25) is 9.59 Å². The Morgan fingerprint density at radius 1 is 1.05 bits per heavy atom. The van der Waals surface area contributed by atoms with Crippen LogP contribution in [0.2, 0.25) is 0 Å². The van der Waals surface area contributed by atoms with Gasteiger partial charge in [-0.25, -0.2) is 4.98 Å². The summed E-state index contributed by atoms with van der Waals surface area (Å²) in [6.07, 6.45) is 11.0. The number of nitrogens with zero attached hydrogens (tertiary/aromatic N) is 2. The van der Waals surface area contributed by atoms with E-state index in [1.165, 1.54) is 29.2 Å². The number of aliphatic hydroxyl groups is 2. The number of anilines is 2. The summed E-state index contributed by atoms with van der Waals surface area (Å²) in [6.45, 7) is 3.95. The van der Waals surface area contributed by atoms with Crippen LogP contribution in [0.1, 0.15) is 88.7 Å². The minimum Gasteiger partial charge on any atom is -0.448 e. The third kappa shape index (κ3) is 6.81. The average molecular weight is 582 g/mol. The van der Waals surface area contributed by atoms with Crippen LogP contribution in [-0.4, -0.2) is 52.2 Å². The first-order valence-corrected chi connectivity index (χ1v) is 15.3. The fraction of sp³-hybridized carbons (Fsp3) is 0.400. The third-order valence-corrected chi connectivity index (χ3v) is 8.85. The number of aliphatic hydroxyl groups excluding tert-OH is 2. The number of para-hydroxylation sites is 1. The van der Waals surface area contributed by atoms with E-state index in [1.54, 1.807) is 18.2 Å². The van der Waals surface area contributed by atoms with Crippen LogP contribution in [0.4, 0.5) is 11.4 Å². The van der Waals surface area contributed by atoms with E-state index >= 15 is 0 Å². The van der Waals surface area contributed by atoms with Crippen molar-refractivity contribution in [1.82, 2.24) is 4.98 Å². The van der Waals surface area contributed by atoms with Gasteiger partial charge in [-0.1, -0.05) is 54.5 Å². The molecule has 3 fully saturated rings. The summed E-state index contributed by atoms with van der Waals surface area (Å²) in [5.41, 5.74) is 5.80. The molecule has 1 aliphatic heterocycles. The predicted octanol–water partition coefficient (Wildman–Crippen LogP) is 6.06. The molecule has 2 aromatic carbocycles. The first kappa shape index (κ1) is 29.1. The number of allylic oxidation sites excluding steroid dienone is 1. The largest absolute Gasteiger partial charge is 0.448 e. The van der Waals surface area contributed by atoms with Gasteiger partial charge in [0, 0.05) is 41.9 Å². The van der Waals surface area contributed by atoms with Crippen LogP contribution in [0.5, 0.6) is 0 Å². The molecule has 8 nitrogen and oxygen atoms in total. The maximum Gasteiger partial charge on any atom is 0.277 e. The second-order valence-corrected chi connectivity index (χ2v) is 12.1. The quantitative estimate of drug-likeness (QED) is 0.219. The molecule has 0 bridgehead atoms. The van der Waals surface area contributed by atoms with Gasteiger partial charge in [0.1, 0.15) is 6.26 Å². The molecule has 3 aromatic rings. The van der Waals surface area contributed by atoms with Crippen molar-refractivity contribution in [3.63, 3.8) is 0 Å². The van der Waals surface area contributed by atoms with Crippen molar-refractivity contribution in [2.24, 2.45) is 5.92 Å². The molecule has 2 saturated carbocycles. The predicted molar refractivity (Wildman–Crippen MR) is 166 cm³/mol. The Morgan fingerprint density at radius 3 is 2.60 bits per heavy atom. The lowest BCUT2D eigenvalue weighted by Crippen LogP contribution is -2.36. The highest BCUT2D eigenvalue weighted by atomic mass is 16.3. The summed E-state index contributed by atoms with van der Waals surface area (Å²) >= 11 is 0. The van der Waals surface area contributed by atoms with Gasteiger partial charge in [0.25, 0.3) is 5.91 Å². The van der Waals surface area contributed by atoms with Crippen LogP contribution in [-0.2, 0) is 0 Å². The van der Waals surface area contributed by atoms with Crippen molar-refractivity contribution in [3.8, 4) is 0 Å². The highest BCUT2D eigenvalue weighted by Gasteiger charge is 2.30. The van der Waals surface area contributed by atoms with E-state index in [2.05, 4.69) is 52.5 Å². The van der Waals surface area contributed by atoms with E-state index in [0.717, 1.165) is 57.2 Å². The van der Waals surface area contributed by atoms with Gasteiger partial charge in [-0.2, -0.15) is 0 Å². The molecule has 43 heavy (non-hydrogen) atoms. The summed E-state index contributed by atoms with van der Waals surface area (Å²) in [6, 6.07) is 13.8. The number of rotatable bonds is 8. The Morgan fingerprint density at radius 2 is 1.84 bits per heavy atom. The van der Waals surface area contributed by atoms with Crippen molar-refractivity contribution >= 4 is 29.1 Å². The molecule has 0 radical (unpaired) electrons. The second-order valence-electron chi connectivity index (χ2n) is 12.1. The lowest BCUT2D eigenvalue weighted by molar-refractivity contribution is -0.0313. The van der Waals surface area contributed by atoms with Gasteiger partial charge in [0.05, 0.1) is 12.2 Å². The summed E-state index contributed by atoms with van der Waals surface area (Å²) in [5.74, 6) is 0.00485. The number of benzene rings is 2. The highest BCUT2D eigenvalue weighted by Crippen LogP contribution is 2.39. The molecule has 0 unspecified atom stereocenters. The van der Waals surface area contributed by atoms with Gasteiger partial charge in [-0.05, 0) is 74.8 Å². The summed E-state index contributed by atoms with van der Waals surface area (Å²) in [4.78, 5) is 33.2. The zero-order valence-electron chi connectivity index (χ0n) is 24.5. The number of nitrogens with one attached hydrogen (secondary N) is 1. The van der Waals surface area contributed by atoms with E-state index in [0.29, 0.717) is 29.5 Å². The maximum atomic E-state index is 13.2. The Kier molecular flexibility index (Phi) is 8.58. The van der Waals surface area contributed by atoms with Gasteiger partial charge >= 0.3 is 0 Å². The van der Waals surface area contributed by atoms with E-state index in [1.807, 2.05) is 6.07 Å². The number of carbonyl (C=O) groups excluding carboxylic acids is 2. The van der Waals surface area contributed by atoms with Gasteiger partial charge < -0.3 is 24.8 Å². The number of aromatic nitrogens is 1. The van der Waals surface area contributed by atoms with Crippen LogP contribution >= 0.6 is 0 Å². The van der Waals surface area contributed by atoms with E-state index in [-0.39, 0.29) is 23.3 Å². The second kappa shape index (κ2) is 12.7. The average Bonchev–Trinajstić information content (AvgIpc) is 3.75. The van der Waals surface area contributed by atoms with Crippen LogP contribution < -0.4 is 10.2 Å². The molecule has 8 heteroatoms. The van der Waals surface area contributed by atoms with Crippen molar-refractivity contribution in [2.45, 2.75) is 70.0 Å². The molecule has 2 aliphatic carbocycles. The van der Waals surface area contributed by atoms with Crippen LogP contribution in [0.25, 0.3) is 6.08 Å². The normalized spacial score (nSPS) is 22.5. The van der Waals surface area contributed by atoms with Crippen LogP contribution in [0.3, 0.4) is 0 Å². The van der Waals surface area contributed by atoms with Gasteiger partial charge in [-0.15, -0.1) is 0 Å². The maximum absolute atomic E-state index is 13.2. The molecule has 3 aliphatic rings. The number of hydrogen-bond acceptors (Lipinski definition) is 7. The number of oxazole rings is 1. The number of amides is 1. The molecule has 2 heterocycles. The third-order valence-electron chi connectivity index (χ3n) is 8.85. The van der Waals surface area contributed by atoms with Gasteiger partial charge in [0.15, 0.2) is 17.4 Å². The minimum atomic E-state index is -0.873. The molecule has 1 aromatic heterocycles. The number of piperidine rings is 1. The van der Waals surface area contributed by atoms with Gasteiger partial charge in [0.2, 0.25) is 0 Å². The van der Waals surface area contributed by atoms with E-state index in [4.69, 9.17) is 4.42 Å². The fourth-order valence-corrected chi connectivity index (χ4v) is 6.06. The lowest BCUT2D eigenvalue weighted by atomic mass is 9.84. The fourth-order valence-electron chi connectivity index (χ4n) is 6.06. The SMILES string of the molecule is Cc1ccccc1N1CCC(=Cc2ccc(C(=O)/C=C/[C@@H]3CCC[C@@H](O)[C@H]3O)cc2NC(=O)c2coc(C3CC3)n2)CC1. The lowest BCUT2D eigenvalue weighted by Gasteiger charge is -2.31. The smallest absolute Gasteiger partial charge is 0.277 e. The van der Waals surface area contributed by atoms with E-state index < -0.39 is 12.2 Å². The standard InChI is InChI=1S/C35H39N3O5/c1-22-5-2-3-7-30(22)38-17-15-23(16-18-38)19-26-11-12-27(31(39)14-13-24-6-4-8-32(40)33(24)41)20-28(26)36-34(42)29-21-43-35(37-29)25-9-10-25/h2-3,5,7,11-14,19-21,24-25,32-33,40-41H,4,6,8-10,15-18H2,1H3,(H,36,42)/b14-13+/t24-,32+,33-/m0/s1. The zero-order valence-corrected chi connectivity index (χ0v) is 24.5. The van der Waals surface area contributed by atoms with Crippen molar-refractivity contribution in [1.29, 1.82) is 0 Å². The molecule has 224 valence electrons. The van der Waals surface area contributed by atoms with Crippen LogP contribution in [0.15, 0.2) is 70.9 Å². The van der Waals surface area contributed by atoms with Crippen LogP contribution in [0, 0.1) is 12.8 Å². The Hall–Kier alpha value is -4.01. The number of aryl methyl sites for hydroxylation is 1. The Bertz CT molecular complexity index is 1540. The Balaban J connectivity index is 1.22. The molecule has 6 rings (SSSR count). The van der Waals surface area contributed by atoms with E-state index in [9.17, 15) is 19.8 Å². The molecular weight excluding hydrogens is 542 g/mol. The monoisotopic (exact) mass is 581 g/mol. The molecular formula is C35H39N3O5. The Labute approximate surface area is 252 Å². The zero-order chi connectivity index (χ0) is 29.9. The molecule has 1 saturated heterocycles. The summed E-state index contributed by atoms with van der Waals surface area (Å²) < 4.78 is 5.53. The highest BCUT2D eigenvalue weighted by molar-refractivity contribution is 6.08. The number of hydrogen-bond donors (Lipinski definition) is 3. The summed E-state index contributed by atoms with van der Waals surface area (Å²) in [7, 11) is 0. The van der Waals surface area contributed by atoms with Crippen molar-refractivity contribution in [3.05, 3.63) is 94.7 Å². The van der Waals surface area contributed by atoms with Crippen molar-refractivity contribution < 1.29 is 24.2 Å². The molecule has 1 amide bonds. The summed E-state index contributed by atoms with van der Waals surface area (Å²) in [5, 5.41) is 23.3. The number of carbonyl (C=O) groups is 2. The first-order valence-electron chi connectivity index (χ1n) is 15.3. The number of ketones is 1. The topological polar surface area (TPSA) is 116 Å².